The van der Waals surface area contributed by atoms with Gasteiger partial charge in [0, 0.05) is 21.5 Å². The van der Waals surface area contributed by atoms with Crippen LogP contribution in [0.4, 0.5) is 0 Å². The summed E-state index contributed by atoms with van der Waals surface area (Å²) >= 11 is 6.92. The van der Waals surface area contributed by atoms with Gasteiger partial charge in [0.2, 0.25) is 5.91 Å². The van der Waals surface area contributed by atoms with Crippen LogP contribution in [0.15, 0.2) is 51.4 Å². The van der Waals surface area contributed by atoms with Gasteiger partial charge in [-0.15, -0.1) is 0 Å². The molecule has 7 heteroatoms. The van der Waals surface area contributed by atoms with Crippen molar-refractivity contribution in [2.45, 2.75) is 52.7 Å². The van der Waals surface area contributed by atoms with E-state index < -0.39 is 6.04 Å². The highest BCUT2D eigenvalue weighted by Crippen LogP contribution is 2.22. The zero-order chi connectivity index (χ0) is 22.3. The summed E-state index contributed by atoms with van der Waals surface area (Å²) in [6.07, 6.45) is 0.823. The smallest absolute Gasteiger partial charge is 0.261 e. The molecule has 0 saturated heterocycles. The monoisotopic (exact) mass is 538 g/mol. The van der Waals surface area contributed by atoms with Gasteiger partial charge in [0.1, 0.15) is 11.8 Å². The molecule has 0 bridgehead atoms. The van der Waals surface area contributed by atoms with E-state index in [1.54, 1.807) is 11.8 Å². The lowest BCUT2D eigenvalue weighted by molar-refractivity contribution is -0.142. The molecule has 30 heavy (non-hydrogen) atoms. The number of aryl methyl sites for hydroxylation is 1. The van der Waals surface area contributed by atoms with Crippen molar-refractivity contribution in [3.8, 4) is 5.75 Å². The second-order valence-corrected chi connectivity index (χ2v) is 9.12. The van der Waals surface area contributed by atoms with Crippen molar-refractivity contribution in [1.29, 1.82) is 0 Å². The van der Waals surface area contributed by atoms with Crippen LogP contribution in [0.3, 0.4) is 0 Å². The van der Waals surface area contributed by atoms with Crippen molar-refractivity contribution < 1.29 is 14.3 Å². The van der Waals surface area contributed by atoms with Crippen LogP contribution in [0.25, 0.3) is 0 Å². The lowest BCUT2D eigenvalue weighted by atomic mass is 10.1. The number of rotatable bonds is 9. The normalized spacial score (nSPS) is 12.7. The molecule has 2 aromatic rings. The lowest BCUT2D eigenvalue weighted by Gasteiger charge is -2.29. The Morgan fingerprint density at radius 1 is 1.13 bits per heavy atom. The number of halogens is 2. The molecular weight excluding hydrogens is 512 g/mol. The minimum Gasteiger partial charge on any atom is -0.484 e. The van der Waals surface area contributed by atoms with Crippen molar-refractivity contribution in [2.24, 2.45) is 0 Å². The molecule has 2 atom stereocenters. The molecular formula is C23H28Br2N2O3. The molecule has 0 spiro atoms. The molecule has 0 aliphatic carbocycles. The SMILES string of the molecule is CC[C@H](C)NC(=O)[C@H](C)N(Cc1cccc(Br)c1)C(=O)COc1ccc(Br)c(C)c1. The Balaban J connectivity index is 2.16. The largest absolute Gasteiger partial charge is 0.484 e. The van der Waals surface area contributed by atoms with E-state index in [1.807, 2.05) is 63.2 Å². The van der Waals surface area contributed by atoms with Crippen molar-refractivity contribution in [1.82, 2.24) is 10.2 Å². The van der Waals surface area contributed by atoms with Gasteiger partial charge in [0.05, 0.1) is 0 Å². The number of hydrogen-bond donors (Lipinski definition) is 1. The number of nitrogens with one attached hydrogen (secondary N) is 1. The standard InChI is InChI=1S/C23H28Br2N2O3/c1-5-16(3)26-23(29)17(4)27(13-18-7-6-8-19(24)12-18)22(28)14-30-20-9-10-21(25)15(2)11-20/h6-12,16-17H,5,13-14H2,1-4H3,(H,26,29)/t16-,17-/m0/s1. The van der Waals surface area contributed by atoms with E-state index in [2.05, 4.69) is 37.2 Å². The Labute approximate surface area is 195 Å². The Kier molecular flexibility index (Phi) is 9.37. The van der Waals surface area contributed by atoms with E-state index in [1.165, 1.54) is 0 Å². The fraction of sp³-hybridized carbons (Fsp3) is 0.391. The predicted molar refractivity (Wildman–Crippen MR) is 126 cm³/mol. The van der Waals surface area contributed by atoms with Crippen LogP contribution >= 0.6 is 31.9 Å². The van der Waals surface area contributed by atoms with E-state index in [0.29, 0.717) is 12.3 Å². The molecule has 0 aromatic heterocycles. The third kappa shape index (κ3) is 7.13. The fourth-order valence-corrected chi connectivity index (χ4v) is 3.51. The van der Waals surface area contributed by atoms with Gasteiger partial charge in [-0.2, -0.15) is 0 Å². The average molecular weight is 540 g/mol. The van der Waals surface area contributed by atoms with Gasteiger partial charge in [-0.05, 0) is 68.7 Å². The molecule has 0 heterocycles. The van der Waals surface area contributed by atoms with Crippen molar-refractivity contribution in [3.63, 3.8) is 0 Å². The summed E-state index contributed by atoms with van der Waals surface area (Å²) in [5.74, 6) is 0.192. The first-order valence-corrected chi connectivity index (χ1v) is 11.5. The Hall–Kier alpha value is -1.86. The topological polar surface area (TPSA) is 58.6 Å². The van der Waals surface area contributed by atoms with E-state index in [9.17, 15) is 9.59 Å². The molecule has 0 saturated carbocycles. The number of hydrogen-bond acceptors (Lipinski definition) is 3. The van der Waals surface area contributed by atoms with Crippen molar-refractivity contribution >= 4 is 43.7 Å². The zero-order valence-corrected chi connectivity index (χ0v) is 20.9. The third-order valence-electron chi connectivity index (χ3n) is 4.90. The third-order valence-corrected chi connectivity index (χ3v) is 6.28. The number of ether oxygens (including phenoxy) is 1. The quantitative estimate of drug-likeness (QED) is 0.474. The molecule has 0 aliphatic heterocycles. The van der Waals surface area contributed by atoms with Crippen molar-refractivity contribution in [3.05, 3.63) is 62.5 Å². The fourth-order valence-electron chi connectivity index (χ4n) is 2.82. The molecule has 0 unspecified atom stereocenters. The molecule has 5 nitrogen and oxygen atoms in total. The first-order valence-electron chi connectivity index (χ1n) is 9.94. The maximum atomic E-state index is 13.1. The number of carbonyl (C=O) groups excluding carboxylic acids is 2. The highest BCUT2D eigenvalue weighted by molar-refractivity contribution is 9.10. The first-order chi connectivity index (χ1) is 14.2. The zero-order valence-electron chi connectivity index (χ0n) is 17.7. The number of amides is 2. The molecule has 2 aromatic carbocycles. The minimum absolute atomic E-state index is 0.0461. The number of carbonyl (C=O) groups is 2. The summed E-state index contributed by atoms with van der Waals surface area (Å²) in [6.45, 7) is 7.83. The van der Waals surface area contributed by atoms with E-state index in [-0.39, 0.29) is 24.5 Å². The highest BCUT2D eigenvalue weighted by atomic mass is 79.9. The summed E-state index contributed by atoms with van der Waals surface area (Å²) in [5, 5.41) is 2.96. The van der Waals surface area contributed by atoms with Gasteiger partial charge < -0.3 is 15.0 Å². The molecule has 2 amide bonds. The molecule has 2 rings (SSSR count). The maximum absolute atomic E-state index is 13.1. The Bertz CT molecular complexity index is 889. The molecule has 0 fully saturated rings. The summed E-state index contributed by atoms with van der Waals surface area (Å²) in [5.41, 5.74) is 1.95. The molecule has 162 valence electrons. The predicted octanol–water partition coefficient (Wildman–Crippen LogP) is 5.23. The number of benzene rings is 2. The summed E-state index contributed by atoms with van der Waals surface area (Å²) in [6, 6.07) is 12.7. The second kappa shape index (κ2) is 11.5. The summed E-state index contributed by atoms with van der Waals surface area (Å²) < 4.78 is 7.63. The molecule has 1 N–H and O–H groups in total. The van der Waals surface area contributed by atoms with Gasteiger partial charge >= 0.3 is 0 Å². The minimum atomic E-state index is -0.624. The van der Waals surface area contributed by atoms with E-state index >= 15 is 0 Å². The highest BCUT2D eigenvalue weighted by Gasteiger charge is 2.27. The molecule has 0 radical (unpaired) electrons. The van der Waals surface area contributed by atoms with E-state index in [0.717, 1.165) is 26.5 Å². The van der Waals surface area contributed by atoms with Crippen molar-refractivity contribution in [2.75, 3.05) is 6.61 Å². The summed E-state index contributed by atoms with van der Waals surface area (Å²) in [4.78, 5) is 27.3. The molecule has 0 aliphatic rings. The van der Waals surface area contributed by atoms with Crippen LogP contribution in [-0.2, 0) is 16.1 Å². The van der Waals surface area contributed by atoms with Crippen LogP contribution in [0.1, 0.15) is 38.3 Å². The second-order valence-electron chi connectivity index (χ2n) is 7.35. The average Bonchev–Trinajstić information content (AvgIpc) is 2.72. The Morgan fingerprint density at radius 2 is 1.87 bits per heavy atom. The van der Waals surface area contributed by atoms with Crippen LogP contribution < -0.4 is 10.1 Å². The van der Waals surface area contributed by atoms with Crippen LogP contribution in [0.5, 0.6) is 5.75 Å². The van der Waals surface area contributed by atoms with Crippen LogP contribution in [-0.4, -0.2) is 35.4 Å². The van der Waals surface area contributed by atoms with Gasteiger partial charge in [0.15, 0.2) is 6.61 Å². The van der Waals surface area contributed by atoms with Gasteiger partial charge in [-0.3, -0.25) is 9.59 Å². The van der Waals surface area contributed by atoms with E-state index in [4.69, 9.17) is 4.74 Å². The van der Waals surface area contributed by atoms with Crippen LogP contribution in [0.2, 0.25) is 0 Å². The lowest BCUT2D eigenvalue weighted by Crippen LogP contribution is -2.50. The summed E-state index contributed by atoms with van der Waals surface area (Å²) in [7, 11) is 0. The van der Waals surface area contributed by atoms with Gasteiger partial charge in [0.25, 0.3) is 5.91 Å². The maximum Gasteiger partial charge on any atom is 0.261 e. The Morgan fingerprint density at radius 3 is 2.50 bits per heavy atom. The number of nitrogens with zero attached hydrogens (tertiary/aromatic N) is 1. The first kappa shape index (κ1) is 24.4. The van der Waals surface area contributed by atoms with Crippen LogP contribution in [0, 0.1) is 6.92 Å². The van der Waals surface area contributed by atoms with Gasteiger partial charge in [-0.25, -0.2) is 0 Å². The van der Waals surface area contributed by atoms with Gasteiger partial charge in [-0.1, -0.05) is 50.9 Å².